The van der Waals surface area contributed by atoms with E-state index in [0.717, 1.165) is 5.56 Å². The van der Waals surface area contributed by atoms with Crippen molar-refractivity contribution in [3.8, 4) is 0 Å². The van der Waals surface area contributed by atoms with Gasteiger partial charge in [-0.1, -0.05) is 30.3 Å². The van der Waals surface area contributed by atoms with Crippen LogP contribution < -0.4 is 34.0 Å². The van der Waals surface area contributed by atoms with Crippen molar-refractivity contribution in [2.24, 2.45) is 0 Å². The van der Waals surface area contributed by atoms with E-state index < -0.39 is 0 Å². The molecule has 0 spiro atoms. The number of ether oxygens (including phenoxy) is 2. The van der Waals surface area contributed by atoms with E-state index in [2.05, 4.69) is 0 Å². The normalized spacial score (nSPS) is 8.69. The molecule has 0 atom stereocenters. The third kappa shape index (κ3) is 8.03. The van der Waals surface area contributed by atoms with Gasteiger partial charge in [0.05, 0.1) is 0 Å². The van der Waals surface area contributed by atoms with Gasteiger partial charge in [0.25, 0.3) is 0 Å². The van der Waals surface area contributed by atoms with Crippen molar-refractivity contribution in [2.75, 3.05) is 13.2 Å². The topological polar surface area (TPSA) is 18.5 Å². The Morgan fingerprint density at radius 2 is 1.38 bits per heavy atom. The Kier molecular flexibility index (Phi) is 19.2. The summed E-state index contributed by atoms with van der Waals surface area (Å²) in [5.74, 6) is 0. The summed E-state index contributed by atoms with van der Waals surface area (Å²) in [5, 5.41) is 0. The molecule has 0 unspecified atom stereocenters. The van der Waals surface area contributed by atoms with Gasteiger partial charge in [-0.2, -0.15) is 0 Å². The maximum Gasteiger partial charge on any atom is 2.00 e. The van der Waals surface area contributed by atoms with Gasteiger partial charge in [0.2, 0.25) is 0 Å². The van der Waals surface area contributed by atoms with E-state index in [1.807, 2.05) is 44.2 Å². The third-order valence-electron chi connectivity index (χ3n) is 1.71. The average Bonchev–Trinajstić information content (AvgIpc) is 2.19. The molecule has 0 heterocycles. The Morgan fingerprint density at radius 1 is 0.938 bits per heavy atom. The first-order chi connectivity index (χ1) is 6.38. The number of halogens is 2. The second-order valence-electron chi connectivity index (χ2n) is 2.65. The molecular weight excluding hydrogens is 348 g/mol. The minimum atomic E-state index is -0.212. The molecule has 0 aliphatic carbocycles. The zero-order chi connectivity index (χ0) is 9.52. The fourth-order valence-electron chi connectivity index (χ4n) is 1.15. The van der Waals surface area contributed by atoms with Crippen LogP contribution in [0.1, 0.15) is 25.7 Å². The van der Waals surface area contributed by atoms with Crippen molar-refractivity contribution >= 4 is 23.1 Å². The van der Waals surface area contributed by atoms with Crippen LogP contribution in [0, 0.1) is 0 Å². The summed E-state index contributed by atoms with van der Waals surface area (Å²) in [6, 6.07) is 9.98. The number of hydrogen-bond acceptors (Lipinski definition) is 2. The summed E-state index contributed by atoms with van der Waals surface area (Å²) >= 11 is 0. The van der Waals surface area contributed by atoms with Crippen molar-refractivity contribution < 1.29 is 43.4 Å². The molecule has 1 aromatic rings. The molecule has 1 aromatic carbocycles. The molecule has 0 aromatic heterocycles. The van der Waals surface area contributed by atoms with Gasteiger partial charge in [0.15, 0.2) is 6.29 Å². The molecule has 0 amide bonds. The molecule has 1 rings (SSSR count). The van der Waals surface area contributed by atoms with Crippen LogP contribution in [-0.2, 0) is 9.47 Å². The van der Waals surface area contributed by atoms with Crippen LogP contribution in [0.15, 0.2) is 30.3 Å². The van der Waals surface area contributed by atoms with Crippen LogP contribution in [0.3, 0.4) is 0 Å². The molecule has 0 saturated carbocycles. The van der Waals surface area contributed by atoms with Crippen LogP contribution in [0.25, 0.3) is 0 Å². The van der Waals surface area contributed by atoms with Crippen LogP contribution in [0.5, 0.6) is 0 Å². The van der Waals surface area contributed by atoms with Crippen molar-refractivity contribution in [3.05, 3.63) is 35.9 Å². The first kappa shape index (κ1) is 22.1. The fourth-order valence-corrected chi connectivity index (χ4v) is 1.15. The van der Waals surface area contributed by atoms with Gasteiger partial charge >= 0.3 is 23.1 Å². The van der Waals surface area contributed by atoms with Crippen LogP contribution in [-0.4, -0.2) is 36.3 Å². The smallest absolute Gasteiger partial charge is 1.00 e. The summed E-state index contributed by atoms with van der Waals surface area (Å²) in [6.45, 7) is 5.27. The molecule has 2 nitrogen and oxygen atoms in total. The van der Waals surface area contributed by atoms with E-state index in [9.17, 15) is 0 Å². The minimum absolute atomic E-state index is 0. The quantitative estimate of drug-likeness (QED) is 0.397. The third-order valence-corrected chi connectivity index (χ3v) is 1.71. The van der Waals surface area contributed by atoms with Crippen LogP contribution >= 0.6 is 0 Å². The van der Waals surface area contributed by atoms with Gasteiger partial charge in [-0.3, -0.25) is 0 Å². The van der Waals surface area contributed by atoms with Crippen molar-refractivity contribution in [3.63, 3.8) is 0 Å². The number of hydrogen-bond donors (Lipinski definition) is 0. The Morgan fingerprint density at radius 3 is 1.75 bits per heavy atom. The standard InChI is InChI=1S/C11H16O2.2BrH.Mg/c1-3-12-11(13-4-2)10-8-6-5-7-9-10;;;/h5-9,11H,3-4H2,1-2H3;2*1H;/q;;;+2/p-2. The average molecular weight is 364 g/mol. The summed E-state index contributed by atoms with van der Waals surface area (Å²) < 4.78 is 10.9. The van der Waals surface area contributed by atoms with Crippen molar-refractivity contribution in [2.45, 2.75) is 20.1 Å². The van der Waals surface area contributed by atoms with Gasteiger partial charge < -0.3 is 43.4 Å². The molecule has 5 heteroatoms. The summed E-state index contributed by atoms with van der Waals surface area (Å²) in [5.41, 5.74) is 1.08. The summed E-state index contributed by atoms with van der Waals surface area (Å²) in [4.78, 5) is 0. The molecule has 0 N–H and O–H groups in total. The Labute approximate surface area is 135 Å². The predicted molar refractivity (Wildman–Crippen MR) is 58.2 cm³/mol. The zero-order valence-electron chi connectivity index (χ0n) is 9.66. The summed E-state index contributed by atoms with van der Waals surface area (Å²) in [7, 11) is 0. The Hall–Kier alpha value is 0.866. The van der Waals surface area contributed by atoms with Crippen molar-refractivity contribution in [1.82, 2.24) is 0 Å². The van der Waals surface area contributed by atoms with E-state index in [1.165, 1.54) is 0 Å². The van der Waals surface area contributed by atoms with E-state index >= 15 is 0 Å². The molecule has 0 fully saturated rings. The number of benzene rings is 1. The second-order valence-corrected chi connectivity index (χ2v) is 2.65. The van der Waals surface area contributed by atoms with Gasteiger partial charge in [-0.05, 0) is 13.8 Å². The monoisotopic (exact) mass is 362 g/mol. The Bertz CT molecular complexity index is 229. The van der Waals surface area contributed by atoms with E-state index in [0.29, 0.717) is 13.2 Å². The molecule has 0 aliphatic rings. The fraction of sp³-hybridized carbons (Fsp3) is 0.455. The molecule has 16 heavy (non-hydrogen) atoms. The summed E-state index contributed by atoms with van der Waals surface area (Å²) in [6.07, 6.45) is -0.212. The maximum atomic E-state index is 5.45. The first-order valence-corrected chi connectivity index (χ1v) is 4.66. The Balaban J connectivity index is -0.000000563. The molecule has 0 aliphatic heterocycles. The van der Waals surface area contributed by atoms with Crippen LogP contribution in [0.4, 0.5) is 0 Å². The van der Waals surface area contributed by atoms with Gasteiger partial charge in [0.1, 0.15) is 0 Å². The predicted octanol–water partition coefficient (Wildman–Crippen LogP) is -3.61. The van der Waals surface area contributed by atoms with Crippen molar-refractivity contribution in [1.29, 1.82) is 0 Å². The molecule has 0 saturated heterocycles. The zero-order valence-corrected chi connectivity index (χ0v) is 14.2. The largest absolute Gasteiger partial charge is 2.00 e. The maximum absolute atomic E-state index is 5.45. The van der Waals surface area contributed by atoms with E-state index in [1.54, 1.807) is 0 Å². The second kappa shape index (κ2) is 13.9. The van der Waals surface area contributed by atoms with E-state index in [-0.39, 0.29) is 63.3 Å². The van der Waals surface area contributed by atoms with Crippen LogP contribution in [0.2, 0.25) is 0 Å². The van der Waals surface area contributed by atoms with Gasteiger partial charge in [0, 0.05) is 18.8 Å². The first-order valence-electron chi connectivity index (χ1n) is 4.66. The van der Waals surface area contributed by atoms with E-state index in [4.69, 9.17) is 9.47 Å². The van der Waals surface area contributed by atoms with Gasteiger partial charge in [-0.25, -0.2) is 0 Å². The molecule has 88 valence electrons. The number of rotatable bonds is 5. The SMILES string of the molecule is CCOC(OCC)c1ccccc1.[Br-].[Br-].[Mg+2]. The minimum Gasteiger partial charge on any atom is -1.00 e. The molecule has 0 bridgehead atoms. The van der Waals surface area contributed by atoms with Gasteiger partial charge in [-0.15, -0.1) is 0 Å². The molecular formula is C11H16Br2MgO2. The molecule has 0 radical (unpaired) electrons.